The Morgan fingerprint density at radius 2 is 2.36 bits per heavy atom. The Kier molecular flexibility index (Phi) is 2.68. The minimum atomic E-state index is 0.215. The molecule has 14 heavy (non-hydrogen) atoms. The fourth-order valence-electron chi connectivity index (χ4n) is 1.80. The maximum absolute atomic E-state index is 5.69. The summed E-state index contributed by atoms with van der Waals surface area (Å²) >= 11 is 0. The lowest BCUT2D eigenvalue weighted by molar-refractivity contribution is -0.00649. The number of hydrogen-bond donors (Lipinski definition) is 1. The highest BCUT2D eigenvalue weighted by atomic mass is 16.5. The van der Waals surface area contributed by atoms with Gasteiger partial charge in [-0.15, -0.1) is 0 Å². The van der Waals surface area contributed by atoms with Gasteiger partial charge in [-0.3, -0.25) is 0 Å². The number of nitrogens with zero attached hydrogens (tertiary/aromatic N) is 1. The predicted molar refractivity (Wildman–Crippen MR) is 55.7 cm³/mol. The molecule has 0 spiro atoms. The van der Waals surface area contributed by atoms with Crippen molar-refractivity contribution in [2.45, 2.75) is 25.9 Å². The summed E-state index contributed by atoms with van der Waals surface area (Å²) < 4.78 is 5.69. The van der Waals surface area contributed by atoms with Crippen LogP contribution in [0.1, 0.15) is 31.4 Å². The normalized spacial score (nSPS) is 27.5. The van der Waals surface area contributed by atoms with Gasteiger partial charge in [0, 0.05) is 12.8 Å². The van der Waals surface area contributed by atoms with Gasteiger partial charge in [0.25, 0.3) is 0 Å². The molecule has 2 N–H and O–H groups in total. The average Bonchev–Trinajstić information content (AvgIpc) is 2.19. The first kappa shape index (κ1) is 9.46. The van der Waals surface area contributed by atoms with E-state index in [1.807, 2.05) is 18.3 Å². The number of ether oxygens (including phenoxy) is 1. The molecule has 3 nitrogen and oxygen atoms in total. The first-order valence-electron chi connectivity index (χ1n) is 5.08. The molecule has 1 saturated heterocycles. The van der Waals surface area contributed by atoms with Crippen molar-refractivity contribution in [3.8, 4) is 0 Å². The van der Waals surface area contributed by atoms with Crippen LogP contribution in [0.15, 0.2) is 18.3 Å². The van der Waals surface area contributed by atoms with E-state index >= 15 is 0 Å². The van der Waals surface area contributed by atoms with Crippen molar-refractivity contribution in [3.05, 3.63) is 23.9 Å². The zero-order valence-electron chi connectivity index (χ0n) is 8.44. The fraction of sp³-hybridized carbons (Fsp3) is 0.545. The van der Waals surface area contributed by atoms with E-state index < -0.39 is 0 Å². The third-order valence-corrected chi connectivity index (χ3v) is 2.73. The highest BCUT2D eigenvalue weighted by Gasteiger charge is 2.20. The van der Waals surface area contributed by atoms with E-state index in [2.05, 4.69) is 11.9 Å². The number of anilines is 1. The molecule has 0 saturated carbocycles. The van der Waals surface area contributed by atoms with Crippen LogP contribution in [-0.2, 0) is 4.74 Å². The topological polar surface area (TPSA) is 48.1 Å². The van der Waals surface area contributed by atoms with Crippen molar-refractivity contribution in [1.82, 2.24) is 4.98 Å². The minimum absolute atomic E-state index is 0.215. The second-order valence-corrected chi connectivity index (χ2v) is 4.01. The van der Waals surface area contributed by atoms with Gasteiger partial charge in [0.1, 0.15) is 5.82 Å². The van der Waals surface area contributed by atoms with E-state index in [1.54, 1.807) is 0 Å². The second-order valence-electron chi connectivity index (χ2n) is 4.01. The smallest absolute Gasteiger partial charge is 0.123 e. The molecular formula is C11H16N2O. The Balaban J connectivity index is 2.10. The molecule has 0 bridgehead atoms. The van der Waals surface area contributed by atoms with Crippen LogP contribution in [0.25, 0.3) is 0 Å². The van der Waals surface area contributed by atoms with Crippen molar-refractivity contribution < 1.29 is 4.74 Å². The molecule has 1 aliphatic heterocycles. The number of nitrogen functional groups attached to an aromatic ring is 1. The lowest BCUT2D eigenvalue weighted by atomic mass is 9.94. The summed E-state index contributed by atoms with van der Waals surface area (Å²) in [6.07, 6.45) is 4.29. The number of hydrogen-bond acceptors (Lipinski definition) is 3. The maximum atomic E-state index is 5.69. The van der Waals surface area contributed by atoms with Crippen molar-refractivity contribution in [3.63, 3.8) is 0 Å². The maximum Gasteiger partial charge on any atom is 0.123 e. The molecule has 1 fully saturated rings. The van der Waals surface area contributed by atoms with Crippen LogP contribution >= 0.6 is 0 Å². The lowest BCUT2D eigenvalue weighted by Crippen LogP contribution is -2.17. The van der Waals surface area contributed by atoms with E-state index in [4.69, 9.17) is 10.5 Å². The van der Waals surface area contributed by atoms with Gasteiger partial charge in [-0.2, -0.15) is 0 Å². The fourth-order valence-corrected chi connectivity index (χ4v) is 1.80. The van der Waals surface area contributed by atoms with Crippen LogP contribution in [0, 0.1) is 5.92 Å². The van der Waals surface area contributed by atoms with Crippen molar-refractivity contribution in [2.24, 2.45) is 5.92 Å². The van der Waals surface area contributed by atoms with Gasteiger partial charge in [0.2, 0.25) is 0 Å². The summed E-state index contributed by atoms with van der Waals surface area (Å²) in [7, 11) is 0. The van der Waals surface area contributed by atoms with Gasteiger partial charge < -0.3 is 10.5 Å². The molecule has 2 atom stereocenters. The molecular weight excluding hydrogens is 176 g/mol. The molecule has 2 unspecified atom stereocenters. The van der Waals surface area contributed by atoms with Crippen molar-refractivity contribution in [1.29, 1.82) is 0 Å². The third kappa shape index (κ3) is 2.04. The Bertz CT molecular complexity index is 297. The molecule has 1 aromatic heterocycles. The molecule has 0 radical (unpaired) electrons. The lowest BCUT2D eigenvalue weighted by Gasteiger charge is -2.27. The quantitative estimate of drug-likeness (QED) is 0.741. The van der Waals surface area contributed by atoms with Gasteiger partial charge in [-0.1, -0.05) is 13.0 Å². The number of rotatable bonds is 1. The van der Waals surface area contributed by atoms with Crippen LogP contribution < -0.4 is 5.73 Å². The molecule has 1 aromatic rings. The molecule has 2 rings (SSSR count). The monoisotopic (exact) mass is 192 g/mol. The minimum Gasteiger partial charge on any atom is -0.384 e. The van der Waals surface area contributed by atoms with E-state index in [0.717, 1.165) is 24.5 Å². The molecule has 1 aliphatic rings. The van der Waals surface area contributed by atoms with Gasteiger partial charge in [-0.05, 0) is 30.4 Å². The van der Waals surface area contributed by atoms with E-state index in [1.165, 1.54) is 6.42 Å². The standard InChI is InChI=1S/C11H16N2O/c1-8-4-5-14-10(6-8)9-2-3-11(12)13-7-9/h2-3,7-8,10H,4-6H2,1H3,(H2,12,13). The Morgan fingerprint density at radius 3 is 3.00 bits per heavy atom. The first-order chi connectivity index (χ1) is 6.75. The van der Waals surface area contributed by atoms with Crippen molar-refractivity contribution in [2.75, 3.05) is 12.3 Å². The molecule has 2 heterocycles. The van der Waals surface area contributed by atoms with Gasteiger partial charge in [0.15, 0.2) is 0 Å². The summed E-state index contributed by atoms with van der Waals surface area (Å²) in [6.45, 7) is 3.12. The zero-order chi connectivity index (χ0) is 9.97. The van der Waals surface area contributed by atoms with Crippen LogP contribution in [0.3, 0.4) is 0 Å². The zero-order valence-corrected chi connectivity index (χ0v) is 8.44. The molecule has 76 valence electrons. The van der Waals surface area contributed by atoms with E-state index in [0.29, 0.717) is 5.82 Å². The number of pyridine rings is 1. The summed E-state index contributed by atoms with van der Waals surface area (Å²) in [4.78, 5) is 4.08. The van der Waals surface area contributed by atoms with Crippen LogP contribution in [-0.4, -0.2) is 11.6 Å². The number of aromatic nitrogens is 1. The van der Waals surface area contributed by atoms with Gasteiger partial charge >= 0.3 is 0 Å². The van der Waals surface area contributed by atoms with Crippen LogP contribution in [0.5, 0.6) is 0 Å². The van der Waals surface area contributed by atoms with Crippen LogP contribution in [0.2, 0.25) is 0 Å². The number of nitrogens with two attached hydrogens (primary N) is 1. The molecule has 3 heteroatoms. The first-order valence-corrected chi connectivity index (χ1v) is 5.08. The summed E-state index contributed by atoms with van der Waals surface area (Å²) in [5, 5.41) is 0. The summed E-state index contributed by atoms with van der Waals surface area (Å²) in [6, 6.07) is 3.84. The highest BCUT2D eigenvalue weighted by molar-refractivity contribution is 5.30. The second kappa shape index (κ2) is 3.96. The SMILES string of the molecule is CC1CCOC(c2ccc(N)nc2)C1. The Hall–Kier alpha value is -1.09. The molecule has 0 aromatic carbocycles. The summed E-state index contributed by atoms with van der Waals surface area (Å²) in [5.74, 6) is 1.31. The third-order valence-electron chi connectivity index (χ3n) is 2.73. The highest BCUT2D eigenvalue weighted by Crippen LogP contribution is 2.30. The Morgan fingerprint density at radius 1 is 1.50 bits per heavy atom. The van der Waals surface area contributed by atoms with E-state index in [9.17, 15) is 0 Å². The van der Waals surface area contributed by atoms with Crippen LogP contribution in [0.4, 0.5) is 5.82 Å². The van der Waals surface area contributed by atoms with E-state index in [-0.39, 0.29) is 6.10 Å². The largest absolute Gasteiger partial charge is 0.384 e. The Labute approximate surface area is 84.3 Å². The van der Waals surface area contributed by atoms with Gasteiger partial charge in [0.05, 0.1) is 6.10 Å². The predicted octanol–water partition coefficient (Wildman–Crippen LogP) is 2.15. The molecule has 0 aliphatic carbocycles. The summed E-state index contributed by atoms with van der Waals surface area (Å²) in [5.41, 5.74) is 6.68. The molecule has 0 amide bonds. The average molecular weight is 192 g/mol. The van der Waals surface area contributed by atoms with Crippen molar-refractivity contribution >= 4 is 5.82 Å². The van der Waals surface area contributed by atoms with Gasteiger partial charge in [-0.25, -0.2) is 4.98 Å².